The van der Waals surface area contributed by atoms with Crippen LogP contribution in [0.1, 0.15) is 21.5 Å². The first-order valence-corrected chi connectivity index (χ1v) is 11.6. The SMILES string of the molecule is N[C@@H](Cc1cn(C(=O)/C=C/c2ccc(O)c(O)c2)c2ccccc12)C(=O)NCCc1ccc(O)c(O)c1. The zero-order valence-corrected chi connectivity index (χ0v) is 19.8. The van der Waals surface area contributed by atoms with Crippen LogP contribution in [0.25, 0.3) is 17.0 Å². The smallest absolute Gasteiger partial charge is 0.255 e. The number of aromatic nitrogens is 1. The Hall–Kier alpha value is -4.76. The van der Waals surface area contributed by atoms with Gasteiger partial charge in [-0.15, -0.1) is 0 Å². The summed E-state index contributed by atoms with van der Waals surface area (Å²) in [6.45, 7) is 0.300. The van der Waals surface area contributed by atoms with Crippen LogP contribution < -0.4 is 11.1 Å². The molecule has 1 atom stereocenters. The highest BCUT2D eigenvalue weighted by Crippen LogP contribution is 2.27. The van der Waals surface area contributed by atoms with Crippen molar-refractivity contribution in [3.05, 3.63) is 89.6 Å². The van der Waals surface area contributed by atoms with Gasteiger partial charge < -0.3 is 31.5 Å². The van der Waals surface area contributed by atoms with E-state index in [1.807, 2.05) is 18.2 Å². The van der Waals surface area contributed by atoms with Gasteiger partial charge in [0.2, 0.25) is 5.91 Å². The standard InChI is InChI=1S/C28H27N3O6/c29-21(28(37)30-12-11-18-6-9-24(33)26(35)14-18)15-19-16-31(22-4-2-1-3-20(19)22)27(36)10-7-17-5-8-23(32)25(34)13-17/h1-10,13-14,16,21,32-35H,11-12,15,29H2,(H,30,37)/b10-7+/t21-/m0/s1. The molecule has 0 spiro atoms. The molecule has 0 bridgehead atoms. The Morgan fingerprint density at radius 3 is 2.35 bits per heavy atom. The van der Waals surface area contributed by atoms with E-state index in [2.05, 4.69) is 5.32 Å². The number of hydrogen-bond acceptors (Lipinski definition) is 7. The number of nitrogens with zero attached hydrogens (tertiary/aromatic N) is 1. The predicted octanol–water partition coefficient (Wildman–Crippen LogP) is 3.05. The molecule has 1 heterocycles. The summed E-state index contributed by atoms with van der Waals surface area (Å²) in [6, 6.07) is 15.2. The van der Waals surface area contributed by atoms with E-state index in [9.17, 15) is 30.0 Å². The fourth-order valence-electron chi connectivity index (χ4n) is 4.00. The summed E-state index contributed by atoms with van der Waals surface area (Å²) in [6.07, 6.45) is 5.21. The van der Waals surface area contributed by atoms with Gasteiger partial charge in [-0.2, -0.15) is 0 Å². The number of phenolic OH excluding ortho intramolecular Hbond substituents is 4. The van der Waals surface area contributed by atoms with Crippen molar-refractivity contribution in [2.75, 3.05) is 6.54 Å². The first-order chi connectivity index (χ1) is 17.7. The molecule has 0 aliphatic heterocycles. The molecule has 0 saturated heterocycles. The summed E-state index contributed by atoms with van der Waals surface area (Å²) in [4.78, 5) is 25.6. The molecule has 4 aromatic rings. The van der Waals surface area contributed by atoms with Crippen LogP contribution in [0.5, 0.6) is 23.0 Å². The van der Waals surface area contributed by atoms with E-state index in [1.165, 1.54) is 41.0 Å². The molecular formula is C28H27N3O6. The number of aromatic hydroxyl groups is 4. The second-order valence-electron chi connectivity index (χ2n) is 8.64. The number of allylic oxidation sites excluding steroid dienone is 1. The van der Waals surface area contributed by atoms with Gasteiger partial charge in [-0.3, -0.25) is 14.2 Å². The van der Waals surface area contributed by atoms with Crippen molar-refractivity contribution in [2.24, 2.45) is 5.73 Å². The number of para-hydroxylation sites is 1. The molecule has 0 aliphatic rings. The van der Waals surface area contributed by atoms with E-state index in [0.29, 0.717) is 24.0 Å². The quantitative estimate of drug-likeness (QED) is 0.160. The van der Waals surface area contributed by atoms with Crippen LogP contribution in [0.3, 0.4) is 0 Å². The molecular weight excluding hydrogens is 474 g/mol. The van der Waals surface area contributed by atoms with E-state index >= 15 is 0 Å². The molecule has 0 fully saturated rings. The van der Waals surface area contributed by atoms with E-state index in [0.717, 1.165) is 16.5 Å². The highest BCUT2D eigenvalue weighted by Gasteiger charge is 2.18. The summed E-state index contributed by atoms with van der Waals surface area (Å²) < 4.78 is 1.48. The monoisotopic (exact) mass is 501 g/mol. The number of carbonyl (C=O) groups excluding carboxylic acids is 2. The number of hydrogen-bond donors (Lipinski definition) is 6. The van der Waals surface area contributed by atoms with Gasteiger partial charge in [0.1, 0.15) is 0 Å². The Morgan fingerprint density at radius 1 is 0.919 bits per heavy atom. The maximum absolute atomic E-state index is 13.0. The van der Waals surface area contributed by atoms with Crippen LogP contribution in [0.15, 0.2) is 72.9 Å². The van der Waals surface area contributed by atoms with Gasteiger partial charge in [0.05, 0.1) is 11.6 Å². The molecule has 190 valence electrons. The molecule has 9 heteroatoms. The molecule has 7 N–H and O–H groups in total. The van der Waals surface area contributed by atoms with E-state index in [-0.39, 0.29) is 41.2 Å². The van der Waals surface area contributed by atoms with Crippen molar-refractivity contribution in [2.45, 2.75) is 18.9 Å². The first kappa shape index (κ1) is 25.3. The summed E-state index contributed by atoms with van der Waals surface area (Å²) >= 11 is 0. The number of benzene rings is 3. The highest BCUT2D eigenvalue weighted by molar-refractivity contribution is 6.01. The number of carbonyl (C=O) groups is 2. The van der Waals surface area contributed by atoms with Crippen LogP contribution in [0.2, 0.25) is 0 Å². The molecule has 1 amide bonds. The van der Waals surface area contributed by atoms with Crippen molar-refractivity contribution in [3.8, 4) is 23.0 Å². The molecule has 9 nitrogen and oxygen atoms in total. The van der Waals surface area contributed by atoms with Crippen molar-refractivity contribution >= 4 is 28.8 Å². The topological polar surface area (TPSA) is 158 Å². The van der Waals surface area contributed by atoms with Gasteiger partial charge in [-0.25, -0.2) is 0 Å². The number of nitrogens with one attached hydrogen (secondary N) is 1. The maximum Gasteiger partial charge on any atom is 0.255 e. The molecule has 37 heavy (non-hydrogen) atoms. The predicted molar refractivity (Wildman–Crippen MR) is 140 cm³/mol. The lowest BCUT2D eigenvalue weighted by Gasteiger charge is -2.12. The Bertz CT molecular complexity index is 1490. The number of phenols is 4. The minimum absolute atomic E-state index is 0.206. The van der Waals surface area contributed by atoms with Gasteiger partial charge in [0.15, 0.2) is 23.0 Å². The number of fused-ring (bicyclic) bond motifs is 1. The molecule has 0 unspecified atom stereocenters. The minimum atomic E-state index is -0.849. The minimum Gasteiger partial charge on any atom is -0.504 e. The normalized spacial score (nSPS) is 12.1. The third-order valence-corrected chi connectivity index (χ3v) is 5.98. The van der Waals surface area contributed by atoms with Crippen LogP contribution in [0.4, 0.5) is 0 Å². The molecule has 1 aromatic heterocycles. The largest absolute Gasteiger partial charge is 0.504 e. The van der Waals surface area contributed by atoms with Crippen molar-refractivity contribution in [3.63, 3.8) is 0 Å². The van der Waals surface area contributed by atoms with Gasteiger partial charge >= 0.3 is 0 Å². The molecule has 4 rings (SSSR count). The Morgan fingerprint density at radius 2 is 1.62 bits per heavy atom. The summed E-state index contributed by atoms with van der Waals surface area (Å²) in [5.74, 6) is -1.63. The lowest BCUT2D eigenvalue weighted by Crippen LogP contribution is -2.42. The molecule has 0 aliphatic carbocycles. The van der Waals surface area contributed by atoms with Gasteiger partial charge in [-0.1, -0.05) is 30.3 Å². The average molecular weight is 502 g/mol. The molecule has 3 aromatic carbocycles. The fraction of sp³-hybridized carbons (Fsp3) is 0.143. The van der Waals surface area contributed by atoms with Crippen LogP contribution >= 0.6 is 0 Å². The Labute approximate surface area is 212 Å². The highest BCUT2D eigenvalue weighted by atomic mass is 16.3. The zero-order valence-electron chi connectivity index (χ0n) is 19.8. The molecule has 0 saturated carbocycles. The third-order valence-electron chi connectivity index (χ3n) is 5.98. The summed E-state index contributed by atoms with van der Waals surface area (Å²) in [5.41, 5.74) is 8.88. The van der Waals surface area contributed by atoms with Crippen molar-refractivity contribution < 1.29 is 30.0 Å². The second kappa shape index (κ2) is 10.9. The van der Waals surface area contributed by atoms with Crippen LogP contribution in [-0.2, 0) is 17.6 Å². The lowest BCUT2D eigenvalue weighted by molar-refractivity contribution is -0.122. The van der Waals surface area contributed by atoms with Crippen molar-refractivity contribution in [1.29, 1.82) is 0 Å². The first-order valence-electron chi connectivity index (χ1n) is 11.6. The van der Waals surface area contributed by atoms with Gasteiger partial charge in [0.25, 0.3) is 5.91 Å². The Kier molecular flexibility index (Phi) is 7.45. The number of nitrogens with two attached hydrogens (primary N) is 1. The fourth-order valence-corrected chi connectivity index (χ4v) is 4.00. The maximum atomic E-state index is 13.0. The van der Waals surface area contributed by atoms with E-state index in [1.54, 1.807) is 24.4 Å². The summed E-state index contributed by atoms with van der Waals surface area (Å²) in [7, 11) is 0. The average Bonchev–Trinajstić information content (AvgIpc) is 3.25. The van der Waals surface area contributed by atoms with E-state index in [4.69, 9.17) is 5.73 Å². The Balaban J connectivity index is 1.44. The summed E-state index contributed by atoms with van der Waals surface area (Å²) in [5, 5.41) is 41.7. The molecule has 0 radical (unpaired) electrons. The van der Waals surface area contributed by atoms with Crippen LogP contribution in [-0.4, -0.2) is 49.4 Å². The lowest BCUT2D eigenvalue weighted by atomic mass is 10.0. The number of rotatable bonds is 8. The third kappa shape index (κ3) is 5.91. The van der Waals surface area contributed by atoms with Gasteiger partial charge in [-0.05, 0) is 65.9 Å². The second-order valence-corrected chi connectivity index (χ2v) is 8.64. The van der Waals surface area contributed by atoms with E-state index < -0.39 is 6.04 Å². The zero-order chi connectivity index (χ0) is 26.5. The van der Waals surface area contributed by atoms with Gasteiger partial charge in [0, 0.05) is 24.2 Å². The van der Waals surface area contributed by atoms with Crippen molar-refractivity contribution in [1.82, 2.24) is 9.88 Å². The van der Waals surface area contributed by atoms with Crippen LogP contribution in [0, 0.1) is 0 Å². The number of amides is 1.